The van der Waals surface area contributed by atoms with Crippen LogP contribution in [0.5, 0.6) is 0 Å². The summed E-state index contributed by atoms with van der Waals surface area (Å²) in [7, 11) is 2.02. The van der Waals surface area contributed by atoms with Gasteiger partial charge in [0.2, 0.25) is 0 Å². The molecule has 16 heavy (non-hydrogen) atoms. The molecule has 2 heteroatoms. The Bertz CT molecular complexity index is 166. The number of hydrogen-bond donors (Lipinski definition) is 1. The average molecular weight is 227 g/mol. The summed E-state index contributed by atoms with van der Waals surface area (Å²) in [6, 6.07) is 0. The molecular weight excluding hydrogens is 198 g/mol. The summed E-state index contributed by atoms with van der Waals surface area (Å²) in [6.07, 6.45) is 11.8. The van der Waals surface area contributed by atoms with Crippen LogP contribution >= 0.6 is 0 Å². The van der Waals surface area contributed by atoms with Crippen LogP contribution in [0.15, 0.2) is 0 Å². The van der Waals surface area contributed by atoms with E-state index in [1.54, 1.807) is 0 Å². The van der Waals surface area contributed by atoms with Gasteiger partial charge in [0.1, 0.15) is 0 Å². The van der Waals surface area contributed by atoms with Gasteiger partial charge >= 0.3 is 0 Å². The molecule has 0 saturated heterocycles. The molecule has 0 amide bonds. The smallest absolute Gasteiger partial charge is 0.0694 e. The molecular formula is C14H29NO. The second-order valence-electron chi connectivity index (χ2n) is 5.15. The van der Waals surface area contributed by atoms with Crippen LogP contribution < -0.4 is 5.32 Å². The lowest BCUT2D eigenvalue weighted by Gasteiger charge is -2.42. The number of unbranched alkanes of at least 4 members (excludes halogenated alkanes) is 4. The summed E-state index contributed by atoms with van der Waals surface area (Å²) in [5.41, 5.74) is 0.258. The minimum Gasteiger partial charge on any atom is -0.375 e. The lowest BCUT2D eigenvalue weighted by molar-refractivity contribution is -0.105. The Kier molecular flexibility index (Phi) is 7.06. The fraction of sp³-hybridized carbons (Fsp3) is 1.00. The summed E-state index contributed by atoms with van der Waals surface area (Å²) < 4.78 is 6.11. The van der Waals surface area contributed by atoms with Crippen molar-refractivity contribution in [3.05, 3.63) is 0 Å². The van der Waals surface area contributed by atoms with Gasteiger partial charge in [-0.2, -0.15) is 0 Å². The molecule has 96 valence electrons. The molecule has 1 fully saturated rings. The van der Waals surface area contributed by atoms with Crippen molar-refractivity contribution in [2.75, 3.05) is 20.2 Å². The van der Waals surface area contributed by atoms with E-state index in [-0.39, 0.29) is 5.60 Å². The fourth-order valence-electron chi connectivity index (χ4n) is 2.38. The van der Waals surface area contributed by atoms with Crippen molar-refractivity contribution in [1.82, 2.24) is 5.32 Å². The lowest BCUT2D eigenvalue weighted by atomic mass is 9.77. The van der Waals surface area contributed by atoms with Crippen molar-refractivity contribution in [2.45, 2.75) is 70.3 Å². The normalized spacial score (nSPS) is 18.4. The van der Waals surface area contributed by atoms with Crippen LogP contribution in [0.2, 0.25) is 0 Å². The van der Waals surface area contributed by atoms with Crippen molar-refractivity contribution >= 4 is 0 Å². The fourth-order valence-corrected chi connectivity index (χ4v) is 2.38. The maximum absolute atomic E-state index is 6.11. The van der Waals surface area contributed by atoms with Crippen molar-refractivity contribution in [3.8, 4) is 0 Å². The highest BCUT2D eigenvalue weighted by molar-refractivity contribution is 4.90. The second kappa shape index (κ2) is 8.08. The molecule has 1 saturated carbocycles. The molecule has 0 bridgehead atoms. The zero-order valence-electron chi connectivity index (χ0n) is 11.2. The Hall–Kier alpha value is -0.0800. The van der Waals surface area contributed by atoms with Crippen LogP contribution in [-0.4, -0.2) is 25.8 Å². The number of nitrogens with one attached hydrogen (secondary N) is 1. The molecule has 0 aliphatic heterocycles. The summed E-state index contributed by atoms with van der Waals surface area (Å²) in [5.74, 6) is 0. The van der Waals surface area contributed by atoms with E-state index in [0.717, 1.165) is 13.2 Å². The molecule has 1 N–H and O–H groups in total. The van der Waals surface area contributed by atoms with Crippen LogP contribution in [0.1, 0.15) is 64.7 Å². The van der Waals surface area contributed by atoms with Gasteiger partial charge in [0.25, 0.3) is 0 Å². The standard InChI is InChI=1S/C14H29NO/c1-3-4-5-6-7-13-16-14(9-8-10-14)11-12-15-2/h15H,3-13H2,1-2H3. The number of rotatable bonds is 10. The van der Waals surface area contributed by atoms with E-state index >= 15 is 0 Å². The van der Waals surface area contributed by atoms with Gasteiger partial charge < -0.3 is 10.1 Å². The van der Waals surface area contributed by atoms with Gasteiger partial charge in [-0.3, -0.25) is 0 Å². The third-order valence-electron chi connectivity index (χ3n) is 3.75. The van der Waals surface area contributed by atoms with Gasteiger partial charge in [0, 0.05) is 6.61 Å². The summed E-state index contributed by atoms with van der Waals surface area (Å²) in [5, 5.41) is 3.23. The van der Waals surface area contributed by atoms with E-state index in [1.165, 1.54) is 57.8 Å². The predicted octanol–water partition coefficient (Wildman–Crippen LogP) is 3.51. The van der Waals surface area contributed by atoms with Crippen LogP contribution in [0.4, 0.5) is 0 Å². The van der Waals surface area contributed by atoms with Crippen molar-refractivity contribution in [2.24, 2.45) is 0 Å². The topological polar surface area (TPSA) is 21.3 Å². The molecule has 0 atom stereocenters. The van der Waals surface area contributed by atoms with E-state index in [9.17, 15) is 0 Å². The maximum atomic E-state index is 6.11. The largest absolute Gasteiger partial charge is 0.375 e. The Morgan fingerprint density at radius 3 is 2.44 bits per heavy atom. The first-order chi connectivity index (χ1) is 7.83. The Morgan fingerprint density at radius 1 is 1.12 bits per heavy atom. The molecule has 0 spiro atoms. The van der Waals surface area contributed by atoms with Crippen molar-refractivity contribution in [1.29, 1.82) is 0 Å². The number of hydrogen-bond acceptors (Lipinski definition) is 2. The third-order valence-corrected chi connectivity index (χ3v) is 3.75. The maximum Gasteiger partial charge on any atom is 0.0694 e. The molecule has 1 rings (SSSR count). The highest BCUT2D eigenvalue weighted by Crippen LogP contribution is 2.38. The second-order valence-corrected chi connectivity index (χ2v) is 5.15. The molecule has 0 aromatic rings. The van der Waals surface area contributed by atoms with E-state index in [0.29, 0.717) is 0 Å². The molecule has 0 unspecified atom stereocenters. The molecule has 0 radical (unpaired) electrons. The first kappa shape index (κ1) is 14.0. The van der Waals surface area contributed by atoms with E-state index in [2.05, 4.69) is 12.2 Å². The van der Waals surface area contributed by atoms with Crippen LogP contribution in [0, 0.1) is 0 Å². The number of ether oxygens (including phenoxy) is 1. The van der Waals surface area contributed by atoms with Gasteiger partial charge in [-0.15, -0.1) is 0 Å². The minimum absolute atomic E-state index is 0.258. The highest BCUT2D eigenvalue weighted by Gasteiger charge is 2.36. The van der Waals surface area contributed by atoms with Gasteiger partial charge in [0.05, 0.1) is 5.60 Å². The average Bonchev–Trinajstić information content (AvgIpc) is 2.25. The van der Waals surface area contributed by atoms with Crippen LogP contribution in [0.3, 0.4) is 0 Å². The van der Waals surface area contributed by atoms with Crippen LogP contribution in [-0.2, 0) is 4.74 Å². The Labute approximate surface area is 101 Å². The highest BCUT2D eigenvalue weighted by atomic mass is 16.5. The summed E-state index contributed by atoms with van der Waals surface area (Å²) >= 11 is 0. The molecule has 1 aliphatic rings. The molecule has 2 nitrogen and oxygen atoms in total. The molecule has 1 aliphatic carbocycles. The predicted molar refractivity (Wildman–Crippen MR) is 69.8 cm³/mol. The first-order valence-electron chi connectivity index (χ1n) is 7.11. The Balaban J connectivity index is 2.00. The Morgan fingerprint density at radius 2 is 1.88 bits per heavy atom. The van der Waals surface area contributed by atoms with Gasteiger partial charge in [-0.1, -0.05) is 32.6 Å². The van der Waals surface area contributed by atoms with Crippen molar-refractivity contribution < 1.29 is 4.74 Å². The van der Waals surface area contributed by atoms with Gasteiger partial charge in [0.15, 0.2) is 0 Å². The lowest BCUT2D eigenvalue weighted by Crippen LogP contribution is -2.42. The third kappa shape index (κ3) is 4.84. The van der Waals surface area contributed by atoms with Gasteiger partial charge in [-0.05, 0) is 45.7 Å². The van der Waals surface area contributed by atoms with Crippen molar-refractivity contribution in [3.63, 3.8) is 0 Å². The van der Waals surface area contributed by atoms with E-state index in [1.807, 2.05) is 7.05 Å². The van der Waals surface area contributed by atoms with E-state index < -0.39 is 0 Å². The van der Waals surface area contributed by atoms with E-state index in [4.69, 9.17) is 4.74 Å². The SMILES string of the molecule is CCCCCCCOC1(CCNC)CCC1. The molecule has 0 aromatic carbocycles. The summed E-state index contributed by atoms with van der Waals surface area (Å²) in [4.78, 5) is 0. The molecule has 0 aromatic heterocycles. The molecule has 0 heterocycles. The summed E-state index contributed by atoms with van der Waals surface area (Å²) in [6.45, 7) is 4.33. The quantitative estimate of drug-likeness (QED) is 0.577. The zero-order chi connectivity index (χ0) is 11.7. The minimum atomic E-state index is 0.258. The monoisotopic (exact) mass is 227 g/mol. The first-order valence-corrected chi connectivity index (χ1v) is 7.11. The van der Waals surface area contributed by atoms with Gasteiger partial charge in [-0.25, -0.2) is 0 Å². The zero-order valence-corrected chi connectivity index (χ0v) is 11.2. The van der Waals surface area contributed by atoms with Crippen LogP contribution in [0.25, 0.3) is 0 Å².